The monoisotopic (exact) mass is 246 g/mol. The first-order valence-corrected chi connectivity index (χ1v) is 5.92. The second-order valence-corrected chi connectivity index (χ2v) is 4.23. The molecule has 1 heterocycles. The number of aromatic nitrogens is 3. The van der Waals surface area contributed by atoms with E-state index < -0.39 is 0 Å². The molecule has 0 fully saturated rings. The van der Waals surface area contributed by atoms with Gasteiger partial charge in [-0.1, -0.05) is 23.4 Å². The Balaban J connectivity index is 2.01. The number of hydrogen-bond acceptors (Lipinski definition) is 4. The molecule has 1 aromatic carbocycles. The van der Waals surface area contributed by atoms with Crippen molar-refractivity contribution < 1.29 is 4.74 Å². The van der Waals surface area contributed by atoms with Crippen LogP contribution in [0.2, 0.25) is 0 Å². The summed E-state index contributed by atoms with van der Waals surface area (Å²) in [5, 5.41) is 11.4. The average Bonchev–Trinajstić information content (AvgIpc) is 2.81. The summed E-state index contributed by atoms with van der Waals surface area (Å²) in [5.74, 6) is 0.900. The van der Waals surface area contributed by atoms with Crippen molar-refractivity contribution in [1.29, 1.82) is 0 Å². The third kappa shape index (κ3) is 2.87. The SMILES string of the molecule is COc1ccccc1[C@H](C)NCc1cn(C)nn1. The quantitative estimate of drug-likeness (QED) is 0.872. The van der Waals surface area contributed by atoms with Crippen LogP contribution in [0.5, 0.6) is 5.75 Å². The Labute approximate surface area is 107 Å². The number of aryl methyl sites for hydroxylation is 1. The summed E-state index contributed by atoms with van der Waals surface area (Å²) >= 11 is 0. The number of hydrogen-bond donors (Lipinski definition) is 1. The van der Waals surface area contributed by atoms with Crippen molar-refractivity contribution in [1.82, 2.24) is 20.3 Å². The van der Waals surface area contributed by atoms with Crippen LogP contribution in [0.4, 0.5) is 0 Å². The molecule has 5 nitrogen and oxygen atoms in total. The third-order valence-corrected chi connectivity index (χ3v) is 2.84. The summed E-state index contributed by atoms with van der Waals surface area (Å²) in [7, 11) is 3.55. The second kappa shape index (κ2) is 5.64. The molecule has 0 unspecified atom stereocenters. The predicted molar refractivity (Wildman–Crippen MR) is 69.3 cm³/mol. The largest absolute Gasteiger partial charge is 0.496 e. The van der Waals surface area contributed by atoms with E-state index in [9.17, 15) is 0 Å². The molecule has 0 aliphatic heterocycles. The Bertz CT molecular complexity index is 509. The van der Waals surface area contributed by atoms with Crippen LogP contribution in [0.1, 0.15) is 24.2 Å². The molecule has 0 aliphatic rings. The smallest absolute Gasteiger partial charge is 0.123 e. The van der Waals surface area contributed by atoms with Crippen molar-refractivity contribution in [2.75, 3.05) is 7.11 Å². The van der Waals surface area contributed by atoms with E-state index >= 15 is 0 Å². The standard InChI is InChI=1S/C13H18N4O/c1-10(12-6-4-5-7-13(12)18-3)14-8-11-9-17(2)16-15-11/h4-7,9-10,14H,8H2,1-3H3/t10-/m0/s1. The molecule has 0 saturated heterocycles. The maximum absolute atomic E-state index is 5.35. The third-order valence-electron chi connectivity index (χ3n) is 2.84. The first-order valence-electron chi connectivity index (χ1n) is 5.92. The Kier molecular flexibility index (Phi) is 3.94. The molecule has 5 heteroatoms. The van der Waals surface area contributed by atoms with Crippen molar-refractivity contribution in [3.8, 4) is 5.75 Å². The highest BCUT2D eigenvalue weighted by Crippen LogP contribution is 2.24. The van der Waals surface area contributed by atoms with E-state index in [0.29, 0.717) is 6.54 Å². The van der Waals surface area contributed by atoms with Gasteiger partial charge >= 0.3 is 0 Å². The van der Waals surface area contributed by atoms with Gasteiger partial charge in [-0.25, -0.2) is 0 Å². The molecule has 2 aromatic rings. The molecule has 0 radical (unpaired) electrons. The van der Waals surface area contributed by atoms with Gasteiger partial charge in [-0.05, 0) is 13.0 Å². The van der Waals surface area contributed by atoms with Crippen molar-refractivity contribution in [3.05, 3.63) is 41.7 Å². The first-order chi connectivity index (χ1) is 8.70. The highest BCUT2D eigenvalue weighted by molar-refractivity contribution is 5.35. The predicted octanol–water partition coefficient (Wildman–Crippen LogP) is 1.67. The zero-order valence-electron chi connectivity index (χ0n) is 10.9. The summed E-state index contributed by atoms with van der Waals surface area (Å²) in [5.41, 5.74) is 2.07. The summed E-state index contributed by atoms with van der Waals surface area (Å²) in [6, 6.07) is 8.21. The van der Waals surface area contributed by atoms with Crippen LogP contribution in [-0.4, -0.2) is 22.1 Å². The van der Waals surface area contributed by atoms with E-state index in [1.165, 1.54) is 0 Å². The van der Waals surface area contributed by atoms with Gasteiger partial charge in [0.15, 0.2) is 0 Å². The van der Waals surface area contributed by atoms with Crippen LogP contribution in [0.3, 0.4) is 0 Å². The van der Waals surface area contributed by atoms with Gasteiger partial charge in [-0.3, -0.25) is 4.68 Å². The van der Waals surface area contributed by atoms with E-state index in [2.05, 4.69) is 28.6 Å². The summed E-state index contributed by atoms with van der Waals surface area (Å²) in [6.45, 7) is 2.79. The fraction of sp³-hybridized carbons (Fsp3) is 0.385. The number of para-hydroxylation sites is 1. The number of benzene rings is 1. The molecule has 18 heavy (non-hydrogen) atoms. The summed E-state index contributed by atoms with van der Waals surface area (Å²) < 4.78 is 7.05. The molecular weight excluding hydrogens is 228 g/mol. The molecule has 0 spiro atoms. The van der Waals surface area contributed by atoms with Gasteiger partial charge in [0.25, 0.3) is 0 Å². The van der Waals surface area contributed by atoms with Gasteiger partial charge in [-0.2, -0.15) is 0 Å². The Hall–Kier alpha value is -1.88. The van der Waals surface area contributed by atoms with Gasteiger partial charge in [-0.15, -0.1) is 5.10 Å². The van der Waals surface area contributed by atoms with Crippen LogP contribution in [-0.2, 0) is 13.6 Å². The van der Waals surface area contributed by atoms with E-state index in [-0.39, 0.29) is 6.04 Å². The Morgan fingerprint density at radius 2 is 2.17 bits per heavy atom. The fourth-order valence-corrected chi connectivity index (χ4v) is 1.87. The van der Waals surface area contributed by atoms with Crippen LogP contribution in [0.15, 0.2) is 30.5 Å². The molecule has 0 saturated carbocycles. The topological polar surface area (TPSA) is 52.0 Å². The van der Waals surface area contributed by atoms with Gasteiger partial charge in [0.05, 0.1) is 12.8 Å². The first kappa shape index (κ1) is 12.6. The second-order valence-electron chi connectivity index (χ2n) is 4.23. The lowest BCUT2D eigenvalue weighted by Gasteiger charge is -2.16. The average molecular weight is 246 g/mol. The maximum atomic E-state index is 5.35. The van der Waals surface area contributed by atoms with Crippen molar-refractivity contribution >= 4 is 0 Å². The van der Waals surface area contributed by atoms with Crippen LogP contribution < -0.4 is 10.1 Å². The number of rotatable bonds is 5. The van der Waals surface area contributed by atoms with Crippen LogP contribution in [0, 0.1) is 0 Å². The number of nitrogens with zero attached hydrogens (tertiary/aromatic N) is 3. The van der Waals surface area contributed by atoms with Crippen LogP contribution in [0.25, 0.3) is 0 Å². The summed E-state index contributed by atoms with van der Waals surface area (Å²) in [6.07, 6.45) is 1.90. The molecule has 1 aromatic heterocycles. The molecule has 1 atom stereocenters. The Morgan fingerprint density at radius 1 is 1.39 bits per heavy atom. The van der Waals surface area contributed by atoms with Gasteiger partial charge in [0.1, 0.15) is 5.75 Å². The molecule has 0 bridgehead atoms. The number of ether oxygens (including phenoxy) is 1. The number of nitrogens with one attached hydrogen (secondary N) is 1. The minimum absolute atomic E-state index is 0.197. The molecular formula is C13H18N4O. The molecule has 96 valence electrons. The van der Waals surface area contributed by atoms with E-state index in [1.807, 2.05) is 31.4 Å². The van der Waals surface area contributed by atoms with Crippen LogP contribution >= 0.6 is 0 Å². The van der Waals surface area contributed by atoms with Crippen molar-refractivity contribution in [3.63, 3.8) is 0 Å². The molecule has 2 rings (SSSR count). The maximum Gasteiger partial charge on any atom is 0.123 e. The van der Waals surface area contributed by atoms with Gasteiger partial charge in [0.2, 0.25) is 0 Å². The molecule has 0 amide bonds. The van der Waals surface area contributed by atoms with E-state index in [4.69, 9.17) is 4.74 Å². The highest BCUT2D eigenvalue weighted by Gasteiger charge is 2.10. The van der Waals surface area contributed by atoms with Crippen molar-refractivity contribution in [2.24, 2.45) is 7.05 Å². The minimum atomic E-state index is 0.197. The lowest BCUT2D eigenvalue weighted by molar-refractivity contribution is 0.401. The number of methoxy groups -OCH3 is 1. The summed E-state index contributed by atoms with van der Waals surface area (Å²) in [4.78, 5) is 0. The normalized spacial score (nSPS) is 12.4. The van der Waals surface area contributed by atoms with Gasteiger partial charge < -0.3 is 10.1 Å². The zero-order chi connectivity index (χ0) is 13.0. The van der Waals surface area contributed by atoms with E-state index in [1.54, 1.807) is 11.8 Å². The lowest BCUT2D eigenvalue weighted by Crippen LogP contribution is -2.18. The van der Waals surface area contributed by atoms with Crippen molar-refractivity contribution in [2.45, 2.75) is 19.5 Å². The fourth-order valence-electron chi connectivity index (χ4n) is 1.87. The van der Waals surface area contributed by atoms with E-state index in [0.717, 1.165) is 17.0 Å². The lowest BCUT2D eigenvalue weighted by atomic mass is 10.1. The Morgan fingerprint density at radius 3 is 2.83 bits per heavy atom. The minimum Gasteiger partial charge on any atom is -0.496 e. The highest BCUT2D eigenvalue weighted by atomic mass is 16.5. The molecule has 1 N–H and O–H groups in total. The zero-order valence-corrected chi connectivity index (χ0v) is 10.9. The van der Waals surface area contributed by atoms with Gasteiger partial charge in [0, 0.05) is 31.4 Å². The molecule has 0 aliphatic carbocycles.